The number of aliphatic carboxylic acids is 1. The summed E-state index contributed by atoms with van der Waals surface area (Å²) in [6.45, 7) is 0.279. The molecule has 106 valence electrons. The molecular weight excluding hydrogens is 261 g/mol. The summed E-state index contributed by atoms with van der Waals surface area (Å²) in [6, 6.07) is 6.76. The summed E-state index contributed by atoms with van der Waals surface area (Å²) in [7, 11) is 0. The second kappa shape index (κ2) is 7.13. The first kappa shape index (κ1) is 15.5. The van der Waals surface area contributed by atoms with Gasteiger partial charge in [-0.2, -0.15) is 13.2 Å². The van der Waals surface area contributed by atoms with Gasteiger partial charge in [0.15, 0.2) is 0 Å². The zero-order valence-corrected chi connectivity index (χ0v) is 10.2. The van der Waals surface area contributed by atoms with E-state index < -0.39 is 18.6 Å². The summed E-state index contributed by atoms with van der Waals surface area (Å²) in [4.78, 5) is 10.5. The van der Waals surface area contributed by atoms with Crippen LogP contribution in [0.3, 0.4) is 0 Å². The van der Waals surface area contributed by atoms with Crippen molar-refractivity contribution >= 4 is 5.97 Å². The molecule has 19 heavy (non-hydrogen) atoms. The zero-order chi connectivity index (χ0) is 14.3. The minimum absolute atomic E-state index is 0.0489. The molecule has 0 bridgehead atoms. The summed E-state index contributed by atoms with van der Waals surface area (Å²) in [5.41, 5.74) is 1.48. The number of carboxylic acid groups (broad SMARTS) is 1. The molecular formula is C13H15F3O3. The van der Waals surface area contributed by atoms with Gasteiger partial charge in [0.1, 0.15) is 0 Å². The van der Waals surface area contributed by atoms with Gasteiger partial charge in [0.05, 0.1) is 13.0 Å². The van der Waals surface area contributed by atoms with Gasteiger partial charge >= 0.3 is 12.1 Å². The summed E-state index contributed by atoms with van der Waals surface area (Å²) in [5, 5.41) is 8.59. The van der Waals surface area contributed by atoms with E-state index >= 15 is 0 Å². The van der Waals surface area contributed by atoms with Crippen LogP contribution in [0.4, 0.5) is 13.2 Å². The fourth-order valence-corrected chi connectivity index (χ4v) is 1.49. The van der Waals surface area contributed by atoms with Gasteiger partial charge in [-0.05, 0) is 17.5 Å². The van der Waals surface area contributed by atoms with Crippen molar-refractivity contribution in [1.29, 1.82) is 0 Å². The lowest BCUT2D eigenvalue weighted by molar-refractivity contribution is -0.138. The van der Waals surface area contributed by atoms with E-state index in [2.05, 4.69) is 0 Å². The molecule has 0 fully saturated rings. The smallest absolute Gasteiger partial charge is 0.389 e. The SMILES string of the molecule is O=C(O)Cc1ccc(COCCCC(F)(F)F)cc1. The van der Waals surface area contributed by atoms with Crippen LogP contribution >= 0.6 is 0 Å². The Morgan fingerprint density at radius 1 is 1.16 bits per heavy atom. The molecule has 0 saturated heterocycles. The molecule has 1 N–H and O–H groups in total. The highest BCUT2D eigenvalue weighted by Crippen LogP contribution is 2.21. The number of rotatable bonds is 7. The first-order valence-electron chi connectivity index (χ1n) is 5.81. The molecule has 3 nitrogen and oxygen atoms in total. The number of carbonyl (C=O) groups is 1. The molecule has 1 aromatic carbocycles. The number of ether oxygens (including phenoxy) is 1. The summed E-state index contributed by atoms with van der Waals surface area (Å²) < 4.78 is 40.7. The maximum atomic E-state index is 11.9. The van der Waals surface area contributed by atoms with Crippen molar-refractivity contribution in [1.82, 2.24) is 0 Å². The number of hydrogen-bond donors (Lipinski definition) is 1. The molecule has 0 aliphatic carbocycles. The maximum absolute atomic E-state index is 11.9. The molecule has 6 heteroatoms. The fourth-order valence-electron chi connectivity index (χ4n) is 1.49. The number of alkyl halides is 3. The molecule has 0 unspecified atom stereocenters. The normalized spacial score (nSPS) is 11.5. The van der Waals surface area contributed by atoms with Gasteiger partial charge < -0.3 is 9.84 Å². The average molecular weight is 276 g/mol. The molecule has 0 atom stereocenters. The summed E-state index contributed by atoms with van der Waals surface area (Å²) >= 11 is 0. The highest BCUT2D eigenvalue weighted by Gasteiger charge is 2.25. The Bertz CT molecular complexity index is 399. The van der Waals surface area contributed by atoms with Gasteiger partial charge in [-0.25, -0.2) is 0 Å². The Hall–Kier alpha value is -1.56. The fraction of sp³-hybridized carbons (Fsp3) is 0.462. The third-order valence-corrected chi connectivity index (χ3v) is 2.40. The highest BCUT2D eigenvalue weighted by atomic mass is 19.4. The molecule has 0 aromatic heterocycles. The van der Waals surface area contributed by atoms with Crippen molar-refractivity contribution in [2.24, 2.45) is 0 Å². The molecule has 0 saturated carbocycles. The number of carboxylic acids is 1. The Labute approximate surface area is 109 Å². The molecule has 0 heterocycles. The zero-order valence-electron chi connectivity index (χ0n) is 10.2. The third kappa shape index (κ3) is 7.46. The van der Waals surface area contributed by atoms with Gasteiger partial charge in [-0.15, -0.1) is 0 Å². The van der Waals surface area contributed by atoms with Crippen molar-refractivity contribution in [3.63, 3.8) is 0 Å². The molecule has 0 radical (unpaired) electrons. The largest absolute Gasteiger partial charge is 0.481 e. The number of benzene rings is 1. The van der Waals surface area contributed by atoms with Crippen molar-refractivity contribution in [2.45, 2.75) is 32.0 Å². The van der Waals surface area contributed by atoms with Crippen LogP contribution < -0.4 is 0 Å². The van der Waals surface area contributed by atoms with Crippen molar-refractivity contribution in [3.05, 3.63) is 35.4 Å². The van der Waals surface area contributed by atoms with Crippen LogP contribution in [0.1, 0.15) is 24.0 Å². The second-order valence-corrected chi connectivity index (χ2v) is 4.16. The highest BCUT2D eigenvalue weighted by molar-refractivity contribution is 5.70. The van der Waals surface area contributed by atoms with E-state index in [1.165, 1.54) is 0 Å². The quantitative estimate of drug-likeness (QED) is 0.778. The van der Waals surface area contributed by atoms with Crippen molar-refractivity contribution in [3.8, 4) is 0 Å². The Kier molecular flexibility index (Phi) is 5.82. The van der Waals surface area contributed by atoms with Crippen molar-refractivity contribution in [2.75, 3.05) is 6.61 Å². The monoisotopic (exact) mass is 276 g/mol. The van der Waals surface area contributed by atoms with Crippen LogP contribution in [0, 0.1) is 0 Å². The third-order valence-electron chi connectivity index (χ3n) is 2.40. The van der Waals surface area contributed by atoms with E-state index in [-0.39, 0.29) is 26.1 Å². The Morgan fingerprint density at radius 3 is 2.26 bits per heavy atom. The van der Waals surface area contributed by atoms with Crippen LogP contribution in [0.2, 0.25) is 0 Å². The van der Waals surface area contributed by atoms with Crippen LogP contribution in [-0.2, 0) is 22.6 Å². The number of hydrogen-bond acceptors (Lipinski definition) is 2. The topological polar surface area (TPSA) is 46.5 Å². The van der Waals surface area contributed by atoms with Gasteiger partial charge in [-0.3, -0.25) is 4.79 Å². The van der Waals surface area contributed by atoms with Gasteiger partial charge in [0.2, 0.25) is 0 Å². The number of halogens is 3. The van der Waals surface area contributed by atoms with Gasteiger partial charge in [-0.1, -0.05) is 24.3 Å². The molecule has 0 spiro atoms. The lowest BCUT2D eigenvalue weighted by Gasteiger charge is -2.07. The maximum Gasteiger partial charge on any atom is 0.389 e. The van der Waals surface area contributed by atoms with Crippen molar-refractivity contribution < 1.29 is 27.8 Å². The standard InChI is InChI=1S/C13H15F3O3/c14-13(15,16)6-1-7-19-9-11-4-2-10(3-5-11)8-12(17)18/h2-5H,1,6-9H2,(H,17,18). The van der Waals surface area contributed by atoms with Gasteiger partial charge in [0.25, 0.3) is 0 Å². The van der Waals surface area contributed by atoms with E-state index in [9.17, 15) is 18.0 Å². The van der Waals surface area contributed by atoms with Gasteiger partial charge in [0, 0.05) is 13.0 Å². The summed E-state index contributed by atoms with van der Waals surface area (Å²) in [6.07, 6.45) is -5.08. The van der Waals surface area contributed by atoms with E-state index in [0.717, 1.165) is 5.56 Å². The second-order valence-electron chi connectivity index (χ2n) is 4.16. The van der Waals surface area contributed by atoms with Crippen LogP contribution in [0.15, 0.2) is 24.3 Å². The van der Waals surface area contributed by atoms with E-state index in [0.29, 0.717) is 5.56 Å². The minimum Gasteiger partial charge on any atom is -0.481 e. The molecule has 1 rings (SSSR count). The summed E-state index contributed by atoms with van der Waals surface area (Å²) in [5.74, 6) is -0.906. The lowest BCUT2D eigenvalue weighted by Crippen LogP contribution is -2.08. The van der Waals surface area contributed by atoms with E-state index in [1.807, 2.05) is 0 Å². The minimum atomic E-state index is -4.14. The predicted molar refractivity (Wildman–Crippen MR) is 62.7 cm³/mol. The van der Waals surface area contributed by atoms with E-state index in [1.54, 1.807) is 24.3 Å². The Balaban J connectivity index is 2.25. The predicted octanol–water partition coefficient (Wildman–Crippen LogP) is 3.17. The average Bonchev–Trinajstić information content (AvgIpc) is 2.28. The van der Waals surface area contributed by atoms with Crippen LogP contribution in [0.5, 0.6) is 0 Å². The lowest BCUT2D eigenvalue weighted by atomic mass is 10.1. The van der Waals surface area contributed by atoms with E-state index in [4.69, 9.17) is 9.84 Å². The van der Waals surface area contributed by atoms with Crippen LogP contribution in [-0.4, -0.2) is 23.9 Å². The van der Waals surface area contributed by atoms with Crippen LogP contribution in [0.25, 0.3) is 0 Å². The molecule has 0 amide bonds. The Morgan fingerprint density at radius 2 is 1.74 bits per heavy atom. The first-order chi connectivity index (χ1) is 8.87. The molecule has 1 aromatic rings. The molecule has 0 aliphatic heterocycles. The molecule has 0 aliphatic rings. The first-order valence-corrected chi connectivity index (χ1v) is 5.81.